The molecule has 0 aromatic heterocycles. The molecule has 1 atom stereocenters. The Morgan fingerprint density at radius 1 is 1.24 bits per heavy atom. The van der Waals surface area contributed by atoms with Gasteiger partial charge in [0.1, 0.15) is 6.42 Å². The second kappa shape index (κ2) is 6.35. The van der Waals surface area contributed by atoms with Gasteiger partial charge in [-0.1, -0.05) is 29.8 Å². The average molecular weight is 354 g/mol. The van der Waals surface area contributed by atoms with Gasteiger partial charge in [0, 0.05) is 26.2 Å². The number of hydrogen-bond donors (Lipinski definition) is 0. The lowest BCUT2D eigenvalue weighted by Crippen LogP contribution is -2.39. The van der Waals surface area contributed by atoms with Gasteiger partial charge in [-0.05, 0) is 25.3 Å². The van der Waals surface area contributed by atoms with E-state index in [9.17, 15) is 22.8 Å². The lowest BCUT2D eigenvalue weighted by molar-refractivity contribution is -0.160. The van der Waals surface area contributed by atoms with E-state index in [1.807, 2.05) is 31.2 Å². The van der Waals surface area contributed by atoms with Crippen LogP contribution >= 0.6 is 0 Å². The molecule has 1 aromatic carbocycles. The maximum atomic E-state index is 12.8. The molecule has 1 spiro atoms. The first-order valence-electron chi connectivity index (χ1n) is 8.38. The highest BCUT2D eigenvalue weighted by Crippen LogP contribution is 2.41. The molecule has 25 heavy (non-hydrogen) atoms. The van der Waals surface area contributed by atoms with Gasteiger partial charge in [0.25, 0.3) is 0 Å². The minimum absolute atomic E-state index is 0.0451. The standard InChI is InChI=1S/C18H21F3N2O2/c1-13-3-2-4-14(9-13)11-22-7-5-17(16(22)25)6-8-23(12-17)15(24)10-18(19,20)21/h2-4,9H,5-8,10-12H2,1H3. The number of benzene rings is 1. The van der Waals surface area contributed by atoms with E-state index >= 15 is 0 Å². The first-order chi connectivity index (χ1) is 11.7. The molecular weight excluding hydrogens is 333 g/mol. The van der Waals surface area contributed by atoms with Crippen molar-refractivity contribution in [2.24, 2.45) is 5.41 Å². The number of carbonyl (C=O) groups excluding carboxylic acids is 2. The summed E-state index contributed by atoms with van der Waals surface area (Å²) in [7, 11) is 0. The fraction of sp³-hybridized carbons (Fsp3) is 0.556. The Kier molecular flexibility index (Phi) is 4.51. The largest absolute Gasteiger partial charge is 0.397 e. The maximum absolute atomic E-state index is 12.8. The number of likely N-dealkylation sites (tertiary alicyclic amines) is 2. The summed E-state index contributed by atoms with van der Waals surface area (Å²) in [6.07, 6.45) is -4.93. The molecule has 0 bridgehead atoms. The van der Waals surface area contributed by atoms with Crippen LogP contribution in [0, 0.1) is 12.3 Å². The summed E-state index contributed by atoms with van der Waals surface area (Å²) >= 11 is 0. The van der Waals surface area contributed by atoms with Crippen LogP contribution in [0.4, 0.5) is 13.2 Å². The first kappa shape index (κ1) is 17.8. The van der Waals surface area contributed by atoms with Crippen molar-refractivity contribution in [1.82, 2.24) is 9.80 Å². The molecule has 2 aliphatic heterocycles. The second-order valence-electron chi connectivity index (χ2n) is 7.10. The molecule has 0 aliphatic carbocycles. The Balaban J connectivity index is 1.64. The molecule has 2 fully saturated rings. The van der Waals surface area contributed by atoms with Gasteiger partial charge in [0.2, 0.25) is 11.8 Å². The minimum Gasteiger partial charge on any atom is -0.341 e. The zero-order valence-electron chi connectivity index (χ0n) is 14.1. The quantitative estimate of drug-likeness (QED) is 0.837. The molecule has 0 N–H and O–H groups in total. The van der Waals surface area contributed by atoms with E-state index in [2.05, 4.69) is 0 Å². The Hall–Kier alpha value is -2.05. The molecule has 0 saturated carbocycles. The number of amides is 2. The van der Waals surface area contributed by atoms with Crippen LogP contribution in [0.15, 0.2) is 24.3 Å². The normalized spacial score (nSPS) is 23.8. The smallest absolute Gasteiger partial charge is 0.341 e. The number of carbonyl (C=O) groups is 2. The molecule has 136 valence electrons. The summed E-state index contributed by atoms with van der Waals surface area (Å²) in [6, 6.07) is 7.90. The highest BCUT2D eigenvalue weighted by Gasteiger charge is 2.52. The zero-order chi connectivity index (χ0) is 18.2. The van der Waals surface area contributed by atoms with Crippen molar-refractivity contribution in [3.8, 4) is 0 Å². The summed E-state index contributed by atoms with van der Waals surface area (Å²) in [5, 5.41) is 0. The van der Waals surface area contributed by atoms with Gasteiger partial charge in [0.15, 0.2) is 0 Å². The van der Waals surface area contributed by atoms with Gasteiger partial charge < -0.3 is 9.80 Å². The van der Waals surface area contributed by atoms with Crippen molar-refractivity contribution in [2.75, 3.05) is 19.6 Å². The van der Waals surface area contributed by atoms with E-state index in [-0.39, 0.29) is 19.0 Å². The monoisotopic (exact) mass is 354 g/mol. The molecule has 2 saturated heterocycles. The van der Waals surface area contributed by atoms with Gasteiger partial charge in [-0.3, -0.25) is 9.59 Å². The van der Waals surface area contributed by atoms with Crippen molar-refractivity contribution < 1.29 is 22.8 Å². The van der Waals surface area contributed by atoms with Crippen LogP contribution in [0.3, 0.4) is 0 Å². The maximum Gasteiger partial charge on any atom is 0.397 e. The van der Waals surface area contributed by atoms with Crippen LogP contribution in [0.1, 0.15) is 30.4 Å². The van der Waals surface area contributed by atoms with Crippen molar-refractivity contribution >= 4 is 11.8 Å². The second-order valence-corrected chi connectivity index (χ2v) is 7.10. The molecule has 2 aliphatic rings. The molecule has 2 amide bonds. The molecule has 3 rings (SSSR count). The molecule has 4 nitrogen and oxygen atoms in total. The predicted molar refractivity (Wildman–Crippen MR) is 85.5 cm³/mol. The number of nitrogens with zero attached hydrogens (tertiary/aromatic N) is 2. The summed E-state index contributed by atoms with van der Waals surface area (Å²) < 4.78 is 37.3. The van der Waals surface area contributed by atoms with Crippen LogP contribution in [0.2, 0.25) is 0 Å². The minimum atomic E-state index is -4.51. The fourth-order valence-corrected chi connectivity index (χ4v) is 3.82. The van der Waals surface area contributed by atoms with Gasteiger partial charge in [-0.2, -0.15) is 13.2 Å². The van der Waals surface area contributed by atoms with Crippen molar-refractivity contribution in [1.29, 1.82) is 0 Å². The van der Waals surface area contributed by atoms with Gasteiger partial charge in [0.05, 0.1) is 5.41 Å². The number of aryl methyl sites for hydroxylation is 1. The van der Waals surface area contributed by atoms with Gasteiger partial charge >= 0.3 is 6.18 Å². The summed E-state index contributed by atoms with van der Waals surface area (Å²) in [5.74, 6) is -0.981. The molecule has 2 heterocycles. The molecule has 0 radical (unpaired) electrons. The SMILES string of the molecule is Cc1cccc(CN2CCC3(CCN(C(=O)CC(F)(F)F)C3)C2=O)c1. The van der Waals surface area contributed by atoms with Crippen molar-refractivity contribution in [3.05, 3.63) is 35.4 Å². The third-order valence-corrected chi connectivity index (χ3v) is 5.12. The van der Waals surface area contributed by atoms with Gasteiger partial charge in [-0.15, -0.1) is 0 Å². The number of halogens is 3. The lowest BCUT2D eigenvalue weighted by Gasteiger charge is -2.24. The summed E-state index contributed by atoms with van der Waals surface area (Å²) in [4.78, 5) is 27.6. The Labute approximate surface area is 144 Å². The number of alkyl halides is 3. The van der Waals surface area contributed by atoms with Crippen LogP contribution in [0.25, 0.3) is 0 Å². The number of hydrogen-bond acceptors (Lipinski definition) is 2. The number of rotatable bonds is 3. The van der Waals surface area contributed by atoms with Gasteiger partial charge in [-0.25, -0.2) is 0 Å². The highest BCUT2D eigenvalue weighted by atomic mass is 19.4. The van der Waals surface area contributed by atoms with E-state index in [1.165, 1.54) is 4.90 Å². The molecular formula is C18H21F3N2O2. The summed E-state index contributed by atoms with van der Waals surface area (Å²) in [6.45, 7) is 3.38. The molecule has 1 unspecified atom stereocenters. The van der Waals surface area contributed by atoms with Crippen LogP contribution < -0.4 is 0 Å². The van der Waals surface area contributed by atoms with E-state index in [0.29, 0.717) is 25.9 Å². The topological polar surface area (TPSA) is 40.6 Å². The molecule has 1 aromatic rings. The lowest BCUT2D eigenvalue weighted by atomic mass is 9.85. The predicted octanol–water partition coefficient (Wildman–Crippen LogP) is 2.90. The van der Waals surface area contributed by atoms with Crippen LogP contribution in [0.5, 0.6) is 0 Å². The average Bonchev–Trinajstić information content (AvgIpc) is 3.06. The van der Waals surface area contributed by atoms with Crippen LogP contribution in [-0.2, 0) is 16.1 Å². The Morgan fingerprint density at radius 3 is 2.64 bits per heavy atom. The molecule has 7 heteroatoms. The van der Waals surface area contributed by atoms with E-state index in [4.69, 9.17) is 0 Å². The van der Waals surface area contributed by atoms with E-state index in [0.717, 1.165) is 11.1 Å². The third kappa shape index (κ3) is 3.80. The first-order valence-corrected chi connectivity index (χ1v) is 8.38. The summed E-state index contributed by atoms with van der Waals surface area (Å²) in [5.41, 5.74) is 1.45. The van der Waals surface area contributed by atoms with E-state index in [1.54, 1.807) is 4.90 Å². The Bertz CT molecular complexity index is 689. The van der Waals surface area contributed by atoms with Crippen molar-refractivity contribution in [2.45, 2.75) is 38.9 Å². The van der Waals surface area contributed by atoms with Crippen molar-refractivity contribution in [3.63, 3.8) is 0 Å². The zero-order valence-corrected chi connectivity index (χ0v) is 14.1. The van der Waals surface area contributed by atoms with Crippen LogP contribution in [-0.4, -0.2) is 47.4 Å². The van der Waals surface area contributed by atoms with E-state index < -0.39 is 23.9 Å². The highest BCUT2D eigenvalue weighted by molar-refractivity contribution is 5.87. The third-order valence-electron chi connectivity index (χ3n) is 5.12. The fourth-order valence-electron chi connectivity index (χ4n) is 3.82. The Morgan fingerprint density at radius 2 is 1.96 bits per heavy atom.